The monoisotopic (exact) mass is 344 g/mol. The van der Waals surface area contributed by atoms with E-state index in [1.165, 1.54) is 0 Å². The number of anilines is 1. The third-order valence-corrected chi connectivity index (χ3v) is 5.11. The minimum absolute atomic E-state index is 0. The second kappa shape index (κ2) is 7.13. The Balaban J connectivity index is 0.00000242. The van der Waals surface area contributed by atoms with Crippen LogP contribution in [0.25, 0.3) is 0 Å². The maximum absolute atomic E-state index is 12.3. The summed E-state index contributed by atoms with van der Waals surface area (Å²) in [4.78, 5) is 0.266. The molecule has 1 aromatic heterocycles. The number of sulfonamides is 1. The first-order chi connectivity index (χ1) is 9.81. The lowest BCUT2D eigenvalue weighted by Crippen LogP contribution is -2.27. The summed E-state index contributed by atoms with van der Waals surface area (Å²) >= 11 is 0. The van der Waals surface area contributed by atoms with E-state index in [1.807, 2.05) is 12.1 Å². The Morgan fingerprint density at radius 1 is 1.23 bits per heavy atom. The smallest absolute Gasteiger partial charge is 0.244 e. The SMILES string of the molecule is Cc1nn(C)c(C)c1S(=O)(=O)NCCc1ccc(N)cc1.Cl. The molecule has 0 fully saturated rings. The summed E-state index contributed by atoms with van der Waals surface area (Å²) in [5.74, 6) is 0. The predicted molar refractivity (Wildman–Crippen MR) is 89.7 cm³/mol. The molecule has 2 aromatic rings. The van der Waals surface area contributed by atoms with Gasteiger partial charge in [0.1, 0.15) is 4.90 Å². The number of nitrogens with two attached hydrogens (primary N) is 1. The third kappa shape index (κ3) is 4.00. The number of nitrogens with zero attached hydrogens (tertiary/aromatic N) is 2. The fourth-order valence-corrected chi connectivity index (χ4v) is 3.70. The largest absolute Gasteiger partial charge is 0.399 e. The number of rotatable bonds is 5. The second-order valence-corrected chi connectivity index (χ2v) is 6.72. The summed E-state index contributed by atoms with van der Waals surface area (Å²) < 4.78 is 28.9. The molecular formula is C14H21ClN4O2S. The number of benzene rings is 1. The van der Waals surface area contributed by atoms with Crippen molar-refractivity contribution in [1.82, 2.24) is 14.5 Å². The van der Waals surface area contributed by atoms with Gasteiger partial charge in [-0.3, -0.25) is 4.68 Å². The molecule has 0 amide bonds. The topological polar surface area (TPSA) is 90.0 Å². The lowest BCUT2D eigenvalue weighted by Gasteiger charge is -2.07. The van der Waals surface area contributed by atoms with Gasteiger partial charge in [0.05, 0.1) is 11.4 Å². The van der Waals surface area contributed by atoms with E-state index in [0.717, 1.165) is 5.56 Å². The molecule has 0 saturated heterocycles. The molecule has 0 aliphatic rings. The van der Waals surface area contributed by atoms with Crippen molar-refractivity contribution in [3.05, 3.63) is 41.2 Å². The molecule has 0 saturated carbocycles. The highest BCUT2D eigenvalue weighted by molar-refractivity contribution is 7.89. The van der Waals surface area contributed by atoms with Crippen LogP contribution < -0.4 is 10.5 Å². The summed E-state index contributed by atoms with van der Waals surface area (Å²) in [5.41, 5.74) is 8.49. The van der Waals surface area contributed by atoms with Gasteiger partial charge >= 0.3 is 0 Å². The van der Waals surface area contributed by atoms with E-state index in [9.17, 15) is 8.42 Å². The molecule has 0 unspecified atom stereocenters. The van der Waals surface area contributed by atoms with Crippen LogP contribution in [0, 0.1) is 13.8 Å². The van der Waals surface area contributed by atoms with Crippen molar-refractivity contribution in [3.63, 3.8) is 0 Å². The van der Waals surface area contributed by atoms with E-state index in [2.05, 4.69) is 9.82 Å². The van der Waals surface area contributed by atoms with Gasteiger partial charge < -0.3 is 5.73 Å². The molecule has 0 aliphatic carbocycles. The van der Waals surface area contributed by atoms with Crippen LogP contribution in [0.1, 0.15) is 17.0 Å². The molecule has 6 nitrogen and oxygen atoms in total. The Morgan fingerprint density at radius 3 is 2.32 bits per heavy atom. The Bertz CT molecular complexity index is 739. The average Bonchev–Trinajstić information content (AvgIpc) is 2.66. The highest BCUT2D eigenvalue weighted by Crippen LogP contribution is 2.18. The maximum atomic E-state index is 12.3. The first kappa shape index (κ1) is 18.5. The van der Waals surface area contributed by atoms with E-state index in [0.29, 0.717) is 30.0 Å². The Hall–Kier alpha value is -1.57. The first-order valence-electron chi connectivity index (χ1n) is 6.65. The van der Waals surface area contributed by atoms with Crippen LogP contribution in [0.5, 0.6) is 0 Å². The molecule has 0 atom stereocenters. The van der Waals surface area contributed by atoms with Gasteiger partial charge in [0.2, 0.25) is 10.0 Å². The second-order valence-electron chi connectivity index (χ2n) is 5.01. The molecule has 1 heterocycles. The minimum Gasteiger partial charge on any atom is -0.399 e. The van der Waals surface area contributed by atoms with E-state index in [-0.39, 0.29) is 17.3 Å². The van der Waals surface area contributed by atoms with E-state index < -0.39 is 10.0 Å². The van der Waals surface area contributed by atoms with Gasteiger partial charge in [-0.05, 0) is 38.0 Å². The van der Waals surface area contributed by atoms with Crippen LogP contribution in [0.4, 0.5) is 5.69 Å². The maximum Gasteiger partial charge on any atom is 0.244 e. The lowest BCUT2D eigenvalue weighted by atomic mass is 10.1. The molecule has 1 aromatic carbocycles. The van der Waals surface area contributed by atoms with Crippen LogP contribution in [-0.4, -0.2) is 24.7 Å². The van der Waals surface area contributed by atoms with Gasteiger partial charge in [0.15, 0.2) is 0 Å². The standard InChI is InChI=1S/C14H20N4O2S.ClH/c1-10-14(11(2)18(3)17-10)21(19,20)16-9-8-12-4-6-13(15)7-5-12;/h4-7,16H,8-9,15H2,1-3H3;1H. The van der Waals surface area contributed by atoms with Crippen LogP contribution in [-0.2, 0) is 23.5 Å². The average molecular weight is 345 g/mol. The van der Waals surface area contributed by atoms with Gasteiger partial charge in [-0.1, -0.05) is 12.1 Å². The zero-order chi connectivity index (χ0) is 15.6. The van der Waals surface area contributed by atoms with E-state index in [1.54, 1.807) is 37.7 Å². The van der Waals surface area contributed by atoms with Gasteiger partial charge in [-0.25, -0.2) is 13.1 Å². The summed E-state index contributed by atoms with van der Waals surface area (Å²) in [6.45, 7) is 3.77. The van der Waals surface area contributed by atoms with Crippen molar-refractivity contribution >= 4 is 28.1 Å². The molecule has 0 radical (unpaired) electrons. The molecular weight excluding hydrogens is 324 g/mol. The summed E-state index contributed by atoms with van der Waals surface area (Å²) in [5, 5.41) is 4.14. The number of halogens is 1. The van der Waals surface area contributed by atoms with Crippen molar-refractivity contribution in [3.8, 4) is 0 Å². The zero-order valence-electron chi connectivity index (χ0n) is 12.8. The summed E-state index contributed by atoms with van der Waals surface area (Å²) in [6.07, 6.45) is 0.609. The summed E-state index contributed by atoms with van der Waals surface area (Å²) in [6, 6.07) is 7.40. The molecule has 8 heteroatoms. The van der Waals surface area contributed by atoms with Crippen molar-refractivity contribution in [2.24, 2.45) is 7.05 Å². The Morgan fingerprint density at radius 2 is 1.82 bits per heavy atom. The zero-order valence-corrected chi connectivity index (χ0v) is 14.5. The fourth-order valence-electron chi connectivity index (χ4n) is 2.23. The Labute approximate surface area is 137 Å². The molecule has 122 valence electrons. The van der Waals surface area contributed by atoms with Crippen LogP contribution in [0.15, 0.2) is 29.2 Å². The lowest BCUT2D eigenvalue weighted by molar-refractivity contribution is 0.580. The number of aromatic nitrogens is 2. The van der Waals surface area contributed by atoms with Gasteiger partial charge in [0, 0.05) is 19.3 Å². The number of hydrogen-bond donors (Lipinski definition) is 2. The number of nitrogens with one attached hydrogen (secondary N) is 1. The number of nitrogen functional groups attached to an aromatic ring is 1. The molecule has 3 N–H and O–H groups in total. The van der Waals surface area contributed by atoms with E-state index in [4.69, 9.17) is 5.73 Å². The molecule has 2 rings (SSSR count). The van der Waals surface area contributed by atoms with Crippen molar-refractivity contribution in [1.29, 1.82) is 0 Å². The van der Waals surface area contributed by atoms with Crippen LogP contribution in [0.2, 0.25) is 0 Å². The molecule has 0 bridgehead atoms. The molecule has 22 heavy (non-hydrogen) atoms. The summed E-state index contributed by atoms with van der Waals surface area (Å²) in [7, 11) is -1.81. The highest BCUT2D eigenvalue weighted by Gasteiger charge is 2.23. The number of aryl methyl sites for hydroxylation is 2. The normalized spacial score (nSPS) is 11.2. The Kier molecular flexibility index (Phi) is 5.99. The quantitative estimate of drug-likeness (QED) is 0.805. The van der Waals surface area contributed by atoms with E-state index >= 15 is 0 Å². The van der Waals surface area contributed by atoms with Gasteiger partial charge in [-0.15, -0.1) is 12.4 Å². The molecule has 0 aliphatic heterocycles. The number of hydrogen-bond acceptors (Lipinski definition) is 4. The third-order valence-electron chi connectivity index (χ3n) is 3.40. The van der Waals surface area contributed by atoms with Gasteiger partial charge in [-0.2, -0.15) is 5.10 Å². The van der Waals surface area contributed by atoms with Crippen molar-refractivity contribution < 1.29 is 8.42 Å². The minimum atomic E-state index is -3.54. The highest BCUT2D eigenvalue weighted by atomic mass is 35.5. The predicted octanol–water partition coefficient (Wildman–Crippen LogP) is 1.56. The molecule has 0 spiro atoms. The van der Waals surface area contributed by atoms with Crippen molar-refractivity contribution in [2.45, 2.75) is 25.2 Å². The van der Waals surface area contributed by atoms with Crippen LogP contribution >= 0.6 is 12.4 Å². The van der Waals surface area contributed by atoms with Crippen LogP contribution in [0.3, 0.4) is 0 Å². The van der Waals surface area contributed by atoms with Gasteiger partial charge in [0.25, 0.3) is 0 Å². The van der Waals surface area contributed by atoms with Crippen molar-refractivity contribution in [2.75, 3.05) is 12.3 Å². The first-order valence-corrected chi connectivity index (χ1v) is 8.14. The fraction of sp³-hybridized carbons (Fsp3) is 0.357.